The van der Waals surface area contributed by atoms with E-state index in [1.165, 1.54) is 0 Å². The number of nitrogens with zero attached hydrogens (tertiary/aromatic N) is 2. The van der Waals surface area contributed by atoms with Gasteiger partial charge in [0.25, 0.3) is 0 Å². The van der Waals surface area contributed by atoms with E-state index in [0.29, 0.717) is 18.8 Å². The lowest BCUT2D eigenvalue weighted by Crippen LogP contribution is -1.99. The predicted molar refractivity (Wildman–Crippen MR) is 44.5 cm³/mol. The normalized spacial score (nSPS) is 9.83. The van der Waals surface area contributed by atoms with Gasteiger partial charge in [-0.3, -0.25) is 14.5 Å². The van der Waals surface area contributed by atoms with Crippen molar-refractivity contribution in [1.82, 2.24) is 10.1 Å². The number of hydrogen-bond acceptors (Lipinski definition) is 4. The fourth-order valence-electron chi connectivity index (χ4n) is 0.754. The molecule has 5 heteroatoms. The second-order valence-corrected chi connectivity index (χ2v) is 2.62. The van der Waals surface area contributed by atoms with Gasteiger partial charge in [-0.25, -0.2) is 4.79 Å². The summed E-state index contributed by atoms with van der Waals surface area (Å²) in [6, 6.07) is 0. The van der Waals surface area contributed by atoms with Crippen LogP contribution >= 0.6 is 0 Å². The topological polar surface area (TPSA) is 71.2 Å². The predicted octanol–water partition coefficient (Wildman–Crippen LogP) is 0.386. The number of aromatic amines is 1. The third kappa shape index (κ3) is 2.69. The van der Waals surface area contributed by atoms with Crippen LogP contribution in [0.15, 0.2) is 14.3 Å². The molecule has 0 saturated heterocycles. The Morgan fingerprint density at radius 2 is 2.42 bits per heavy atom. The third-order valence-electron chi connectivity index (χ3n) is 1.26. The first kappa shape index (κ1) is 8.70. The Hall–Kier alpha value is -1.39. The standard InChI is InChI=1S/C7H11N3O2/c1-5(2)8-4-3-6-9-7(11)12-10-6/h3-4H2,1-2H3,(H,9,10,11). The van der Waals surface area contributed by atoms with E-state index in [1.807, 2.05) is 13.8 Å². The maximum absolute atomic E-state index is 10.5. The maximum atomic E-state index is 10.5. The maximum Gasteiger partial charge on any atom is 0.438 e. The molecular weight excluding hydrogens is 158 g/mol. The lowest BCUT2D eigenvalue weighted by molar-refractivity contribution is 0.381. The molecule has 0 spiro atoms. The Morgan fingerprint density at radius 3 is 2.92 bits per heavy atom. The minimum absolute atomic E-state index is 0.512. The fourth-order valence-corrected chi connectivity index (χ4v) is 0.754. The molecule has 5 nitrogen and oxygen atoms in total. The van der Waals surface area contributed by atoms with Gasteiger partial charge in [0.2, 0.25) is 0 Å². The van der Waals surface area contributed by atoms with Crippen molar-refractivity contribution in [3.05, 3.63) is 16.4 Å². The molecule has 1 rings (SSSR count). The van der Waals surface area contributed by atoms with Crippen LogP contribution in [0.4, 0.5) is 0 Å². The van der Waals surface area contributed by atoms with Crippen molar-refractivity contribution in [1.29, 1.82) is 0 Å². The average molecular weight is 169 g/mol. The highest BCUT2D eigenvalue weighted by molar-refractivity contribution is 5.79. The van der Waals surface area contributed by atoms with Gasteiger partial charge in [-0.05, 0) is 13.8 Å². The highest BCUT2D eigenvalue weighted by atomic mass is 16.5. The molecule has 1 aromatic heterocycles. The third-order valence-corrected chi connectivity index (χ3v) is 1.26. The minimum Gasteiger partial charge on any atom is -0.296 e. The highest BCUT2D eigenvalue weighted by Crippen LogP contribution is 1.87. The van der Waals surface area contributed by atoms with Crippen LogP contribution in [-0.4, -0.2) is 22.4 Å². The smallest absolute Gasteiger partial charge is 0.296 e. The zero-order valence-corrected chi connectivity index (χ0v) is 7.13. The van der Waals surface area contributed by atoms with Crippen molar-refractivity contribution < 1.29 is 4.52 Å². The number of nitrogens with one attached hydrogen (secondary N) is 1. The van der Waals surface area contributed by atoms with Gasteiger partial charge in [0, 0.05) is 18.7 Å². The SMILES string of the molecule is CC(C)=NCCc1noc(=O)[nH]1. The summed E-state index contributed by atoms with van der Waals surface area (Å²) < 4.78 is 4.31. The summed E-state index contributed by atoms with van der Waals surface area (Å²) >= 11 is 0. The molecule has 0 unspecified atom stereocenters. The molecule has 0 aliphatic heterocycles. The van der Waals surface area contributed by atoms with Gasteiger partial charge in [-0.2, -0.15) is 0 Å². The summed E-state index contributed by atoms with van der Waals surface area (Å²) in [6.45, 7) is 4.47. The minimum atomic E-state index is -0.512. The summed E-state index contributed by atoms with van der Waals surface area (Å²) in [4.78, 5) is 17.1. The van der Waals surface area contributed by atoms with Crippen LogP contribution in [0.2, 0.25) is 0 Å². The molecule has 0 aliphatic rings. The summed E-state index contributed by atoms with van der Waals surface area (Å²) in [5.41, 5.74) is 1.01. The van der Waals surface area contributed by atoms with Crippen LogP contribution in [0.5, 0.6) is 0 Å². The number of aliphatic imine (C=N–C) groups is 1. The molecule has 66 valence electrons. The van der Waals surface area contributed by atoms with E-state index in [1.54, 1.807) is 0 Å². The van der Waals surface area contributed by atoms with Crippen LogP contribution in [0.3, 0.4) is 0 Å². The Morgan fingerprint density at radius 1 is 1.67 bits per heavy atom. The molecule has 1 N–H and O–H groups in total. The zero-order valence-electron chi connectivity index (χ0n) is 7.13. The highest BCUT2D eigenvalue weighted by Gasteiger charge is 1.97. The first-order valence-corrected chi connectivity index (χ1v) is 3.71. The summed E-state index contributed by atoms with van der Waals surface area (Å²) in [5, 5.41) is 3.50. The van der Waals surface area contributed by atoms with Crippen molar-refractivity contribution in [2.45, 2.75) is 20.3 Å². The van der Waals surface area contributed by atoms with Crippen molar-refractivity contribution >= 4 is 5.71 Å². The monoisotopic (exact) mass is 169 g/mol. The molecule has 12 heavy (non-hydrogen) atoms. The zero-order chi connectivity index (χ0) is 8.97. The van der Waals surface area contributed by atoms with Gasteiger partial charge in [0.05, 0.1) is 0 Å². The van der Waals surface area contributed by atoms with Crippen LogP contribution in [0.25, 0.3) is 0 Å². The molecule has 1 heterocycles. The molecular formula is C7H11N3O2. The molecule has 0 aromatic carbocycles. The number of aromatic nitrogens is 2. The van der Waals surface area contributed by atoms with Gasteiger partial charge in [0.1, 0.15) is 0 Å². The van der Waals surface area contributed by atoms with Crippen molar-refractivity contribution in [3.8, 4) is 0 Å². The number of H-pyrrole nitrogens is 1. The Balaban J connectivity index is 2.44. The van der Waals surface area contributed by atoms with Crippen LogP contribution in [0, 0.1) is 0 Å². The van der Waals surface area contributed by atoms with E-state index < -0.39 is 5.76 Å². The van der Waals surface area contributed by atoms with Crippen LogP contribution in [-0.2, 0) is 6.42 Å². The van der Waals surface area contributed by atoms with Crippen LogP contribution < -0.4 is 5.76 Å². The summed E-state index contributed by atoms with van der Waals surface area (Å²) in [7, 11) is 0. The fraction of sp³-hybridized carbons (Fsp3) is 0.571. The molecule has 0 amide bonds. The van der Waals surface area contributed by atoms with E-state index in [4.69, 9.17) is 0 Å². The Kier molecular flexibility index (Phi) is 2.79. The molecule has 0 aliphatic carbocycles. The van der Waals surface area contributed by atoms with Gasteiger partial charge in [-0.15, -0.1) is 0 Å². The lowest BCUT2D eigenvalue weighted by atomic mass is 10.4. The summed E-state index contributed by atoms with van der Waals surface area (Å²) in [6.07, 6.45) is 0.608. The molecule has 1 aromatic rings. The lowest BCUT2D eigenvalue weighted by Gasteiger charge is -1.90. The van der Waals surface area contributed by atoms with Crippen molar-refractivity contribution in [3.63, 3.8) is 0 Å². The van der Waals surface area contributed by atoms with Gasteiger partial charge in [-0.1, -0.05) is 5.16 Å². The molecule has 0 fully saturated rings. The number of hydrogen-bond donors (Lipinski definition) is 1. The Bertz CT molecular complexity index is 319. The molecule has 0 bridgehead atoms. The second-order valence-electron chi connectivity index (χ2n) is 2.62. The number of rotatable bonds is 3. The first-order valence-electron chi connectivity index (χ1n) is 3.71. The molecule has 0 radical (unpaired) electrons. The van der Waals surface area contributed by atoms with Crippen LogP contribution in [0.1, 0.15) is 19.7 Å². The first-order chi connectivity index (χ1) is 5.68. The van der Waals surface area contributed by atoms with Gasteiger partial charge >= 0.3 is 5.76 Å². The average Bonchev–Trinajstić information content (AvgIpc) is 2.35. The van der Waals surface area contributed by atoms with Gasteiger partial charge < -0.3 is 0 Å². The summed E-state index contributed by atoms with van der Waals surface area (Å²) in [5.74, 6) is 0.0344. The quantitative estimate of drug-likeness (QED) is 0.665. The molecule has 0 atom stereocenters. The second kappa shape index (κ2) is 3.85. The van der Waals surface area contributed by atoms with E-state index >= 15 is 0 Å². The largest absolute Gasteiger partial charge is 0.438 e. The van der Waals surface area contributed by atoms with E-state index in [9.17, 15) is 4.79 Å². The van der Waals surface area contributed by atoms with Gasteiger partial charge in [0.15, 0.2) is 5.82 Å². The van der Waals surface area contributed by atoms with E-state index in [-0.39, 0.29) is 0 Å². The van der Waals surface area contributed by atoms with E-state index in [2.05, 4.69) is 19.7 Å². The van der Waals surface area contributed by atoms with Crippen molar-refractivity contribution in [2.75, 3.05) is 6.54 Å². The van der Waals surface area contributed by atoms with Crippen molar-refractivity contribution in [2.24, 2.45) is 4.99 Å². The molecule has 0 saturated carbocycles. The Labute approximate surface area is 69.5 Å². The van der Waals surface area contributed by atoms with E-state index in [0.717, 1.165) is 5.71 Å².